The highest BCUT2D eigenvalue weighted by molar-refractivity contribution is 7.85. The number of hydrogen-bond donors (Lipinski definition) is 2. The maximum Gasteiger partial charge on any atom is 0.224 e. The Bertz CT molecular complexity index is 858. The molecule has 1 fully saturated rings. The fourth-order valence-electron chi connectivity index (χ4n) is 4.23. The van der Waals surface area contributed by atoms with Crippen molar-refractivity contribution in [2.45, 2.75) is 62.3 Å². The summed E-state index contributed by atoms with van der Waals surface area (Å²) in [5.74, 6) is 2.50. The minimum absolute atomic E-state index is 0.309. The molecule has 4 rings (SSSR count). The second kappa shape index (κ2) is 10.3. The molecule has 8 heteroatoms. The van der Waals surface area contributed by atoms with Gasteiger partial charge < -0.3 is 15.4 Å². The van der Waals surface area contributed by atoms with E-state index in [9.17, 15) is 4.21 Å². The van der Waals surface area contributed by atoms with E-state index in [-0.39, 0.29) is 0 Å². The molecule has 0 saturated carbocycles. The van der Waals surface area contributed by atoms with Gasteiger partial charge in [0.2, 0.25) is 5.95 Å². The van der Waals surface area contributed by atoms with Crippen LogP contribution in [0.25, 0.3) is 0 Å². The summed E-state index contributed by atoms with van der Waals surface area (Å²) >= 11 is 0. The third kappa shape index (κ3) is 5.16. The van der Waals surface area contributed by atoms with Crippen LogP contribution in [0.3, 0.4) is 0 Å². The highest BCUT2D eigenvalue weighted by Gasteiger charge is 2.27. The Morgan fingerprint density at radius 3 is 2.77 bits per heavy atom. The van der Waals surface area contributed by atoms with E-state index < -0.39 is 10.8 Å². The van der Waals surface area contributed by atoms with Crippen LogP contribution < -0.4 is 10.6 Å². The third-order valence-corrected chi connectivity index (χ3v) is 7.30. The molecule has 2 unspecified atom stereocenters. The van der Waals surface area contributed by atoms with E-state index >= 15 is 0 Å². The van der Waals surface area contributed by atoms with Gasteiger partial charge in [-0.05, 0) is 49.3 Å². The molecule has 7 nitrogen and oxygen atoms in total. The lowest BCUT2D eigenvalue weighted by Gasteiger charge is -2.24. The first-order chi connectivity index (χ1) is 14.7. The molecular formula is C22H31N5O2S. The summed E-state index contributed by atoms with van der Waals surface area (Å²) in [5.41, 5.74) is 2.25. The first-order valence-electron chi connectivity index (χ1n) is 11.0. The smallest absolute Gasteiger partial charge is 0.224 e. The standard InChI is InChI=1S/C22H31N5O2S/c1-2-3-16(17-4-10-23-11-5-17)6-12-24-22-26-19-9-15-30(28)20(19)21(27-22)25-18-7-13-29-14-8-18/h4-5,10-11,16,18H,2-3,6-9,12-15H2,1H3,(H2,24,25,26,27). The molecule has 2 aliphatic rings. The lowest BCUT2D eigenvalue weighted by atomic mass is 9.92. The molecule has 0 radical (unpaired) electrons. The number of aromatic nitrogens is 3. The van der Waals surface area contributed by atoms with Crippen molar-refractivity contribution in [1.29, 1.82) is 0 Å². The van der Waals surface area contributed by atoms with Crippen molar-refractivity contribution in [1.82, 2.24) is 15.0 Å². The number of nitrogens with zero attached hydrogens (tertiary/aromatic N) is 3. The van der Waals surface area contributed by atoms with Gasteiger partial charge in [0.15, 0.2) is 0 Å². The summed E-state index contributed by atoms with van der Waals surface area (Å²) in [4.78, 5) is 14.3. The van der Waals surface area contributed by atoms with Crippen LogP contribution in [0, 0.1) is 0 Å². The van der Waals surface area contributed by atoms with Crippen LogP contribution in [-0.4, -0.2) is 50.7 Å². The number of rotatable bonds is 9. The Morgan fingerprint density at radius 2 is 2.00 bits per heavy atom. The quantitative estimate of drug-likeness (QED) is 0.630. The number of fused-ring (bicyclic) bond motifs is 1. The fourth-order valence-corrected chi connectivity index (χ4v) is 5.54. The molecule has 1 saturated heterocycles. The van der Waals surface area contributed by atoms with Gasteiger partial charge in [-0.15, -0.1) is 0 Å². The predicted octanol–water partition coefficient (Wildman–Crippen LogP) is 3.51. The molecule has 0 aromatic carbocycles. The van der Waals surface area contributed by atoms with Gasteiger partial charge in [-0.25, -0.2) is 4.98 Å². The highest BCUT2D eigenvalue weighted by Crippen LogP contribution is 2.30. The zero-order chi connectivity index (χ0) is 20.8. The van der Waals surface area contributed by atoms with Crippen molar-refractivity contribution < 1.29 is 8.95 Å². The summed E-state index contributed by atoms with van der Waals surface area (Å²) in [7, 11) is -1.02. The molecule has 2 aromatic rings. The van der Waals surface area contributed by atoms with Gasteiger partial charge >= 0.3 is 0 Å². The lowest BCUT2D eigenvalue weighted by Crippen LogP contribution is -2.29. The van der Waals surface area contributed by atoms with E-state index in [0.29, 0.717) is 23.7 Å². The zero-order valence-electron chi connectivity index (χ0n) is 17.6. The summed E-state index contributed by atoms with van der Waals surface area (Å²) in [6.07, 6.45) is 9.66. The Morgan fingerprint density at radius 1 is 1.20 bits per heavy atom. The maximum atomic E-state index is 12.5. The van der Waals surface area contributed by atoms with E-state index in [2.05, 4.69) is 39.7 Å². The maximum absolute atomic E-state index is 12.5. The summed E-state index contributed by atoms with van der Waals surface area (Å²) < 4.78 is 18.0. The molecular weight excluding hydrogens is 398 g/mol. The fraction of sp³-hybridized carbons (Fsp3) is 0.591. The van der Waals surface area contributed by atoms with E-state index in [1.807, 2.05) is 12.4 Å². The van der Waals surface area contributed by atoms with Crippen LogP contribution in [0.15, 0.2) is 29.4 Å². The number of anilines is 2. The van der Waals surface area contributed by atoms with Crippen LogP contribution in [-0.2, 0) is 22.0 Å². The molecule has 2 aliphatic heterocycles. The summed E-state index contributed by atoms with van der Waals surface area (Å²) in [6.45, 7) is 4.53. The van der Waals surface area contributed by atoms with Crippen molar-refractivity contribution in [3.8, 4) is 0 Å². The van der Waals surface area contributed by atoms with Crippen LogP contribution in [0.5, 0.6) is 0 Å². The van der Waals surface area contributed by atoms with Gasteiger partial charge in [0.05, 0.1) is 16.5 Å². The second-order valence-corrected chi connectivity index (χ2v) is 9.49. The Kier molecular flexibility index (Phi) is 7.28. The molecule has 0 bridgehead atoms. The van der Waals surface area contributed by atoms with Crippen LogP contribution in [0.2, 0.25) is 0 Å². The molecule has 0 amide bonds. The first kappa shape index (κ1) is 21.2. The Hall–Kier alpha value is -2.06. The van der Waals surface area contributed by atoms with Gasteiger partial charge in [0.1, 0.15) is 10.7 Å². The Balaban J connectivity index is 1.44. The third-order valence-electron chi connectivity index (χ3n) is 5.84. The average molecular weight is 430 g/mol. The van der Waals surface area contributed by atoms with Gasteiger partial charge in [-0.3, -0.25) is 9.19 Å². The monoisotopic (exact) mass is 429 g/mol. The molecule has 2 aromatic heterocycles. The van der Waals surface area contributed by atoms with E-state index in [0.717, 1.165) is 74.7 Å². The number of ether oxygens (including phenoxy) is 1. The van der Waals surface area contributed by atoms with Crippen LogP contribution >= 0.6 is 0 Å². The number of hydrogen-bond acceptors (Lipinski definition) is 7. The minimum Gasteiger partial charge on any atom is -0.381 e. The molecule has 2 N–H and O–H groups in total. The number of pyridine rings is 1. The number of aryl methyl sites for hydroxylation is 1. The topological polar surface area (TPSA) is 89.0 Å². The van der Waals surface area contributed by atoms with E-state index in [1.54, 1.807) is 0 Å². The largest absolute Gasteiger partial charge is 0.381 e. The first-order valence-corrected chi connectivity index (χ1v) is 12.3. The minimum atomic E-state index is -1.02. The second-order valence-electron chi connectivity index (χ2n) is 7.98. The van der Waals surface area contributed by atoms with E-state index in [1.165, 1.54) is 5.56 Å². The van der Waals surface area contributed by atoms with Crippen molar-refractivity contribution in [2.24, 2.45) is 0 Å². The van der Waals surface area contributed by atoms with Crippen LogP contribution in [0.1, 0.15) is 56.2 Å². The van der Waals surface area contributed by atoms with Crippen molar-refractivity contribution in [3.63, 3.8) is 0 Å². The summed E-state index contributed by atoms with van der Waals surface area (Å²) in [6, 6.07) is 4.53. The molecule has 4 heterocycles. The van der Waals surface area contributed by atoms with Crippen molar-refractivity contribution in [3.05, 3.63) is 35.8 Å². The van der Waals surface area contributed by atoms with Gasteiger partial charge in [-0.2, -0.15) is 4.98 Å². The van der Waals surface area contributed by atoms with Gasteiger partial charge in [0.25, 0.3) is 0 Å². The average Bonchev–Trinajstić information content (AvgIpc) is 3.15. The number of nitrogens with one attached hydrogen (secondary N) is 2. The SMILES string of the molecule is CCCC(CCNc1nc2c(c(NC3CCOCC3)n1)S(=O)CC2)c1ccncc1. The molecule has 30 heavy (non-hydrogen) atoms. The van der Waals surface area contributed by atoms with Gasteiger partial charge in [-0.1, -0.05) is 13.3 Å². The lowest BCUT2D eigenvalue weighted by molar-refractivity contribution is 0.0903. The highest BCUT2D eigenvalue weighted by atomic mass is 32.2. The Labute approximate surface area is 180 Å². The van der Waals surface area contributed by atoms with Crippen LogP contribution in [0.4, 0.5) is 11.8 Å². The molecule has 2 atom stereocenters. The van der Waals surface area contributed by atoms with Crippen molar-refractivity contribution in [2.75, 3.05) is 36.1 Å². The van der Waals surface area contributed by atoms with E-state index in [4.69, 9.17) is 9.72 Å². The molecule has 0 spiro atoms. The molecule has 162 valence electrons. The zero-order valence-corrected chi connectivity index (χ0v) is 18.4. The summed E-state index contributed by atoms with van der Waals surface area (Å²) in [5, 5.41) is 6.95. The normalized spacial score (nSPS) is 20.0. The predicted molar refractivity (Wildman–Crippen MR) is 119 cm³/mol. The van der Waals surface area contributed by atoms with Gasteiger partial charge in [0, 0.05) is 50.4 Å². The molecule has 0 aliphatic carbocycles. The van der Waals surface area contributed by atoms with Crippen molar-refractivity contribution >= 4 is 22.6 Å².